The van der Waals surface area contributed by atoms with E-state index in [4.69, 9.17) is 4.74 Å². The SMILES string of the molecule is Cc1ccc(C2=C(n3ccnc3)C(=O)NC(c3ccc(OCCCC(F)(F)F)cc3)(C(F)(F)F)C2)cc1. The molecule has 1 aromatic heterocycles. The van der Waals surface area contributed by atoms with E-state index in [-0.39, 0.29) is 35.6 Å². The van der Waals surface area contributed by atoms with Crippen molar-refractivity contribution in [2.75, 3.05) is 6.61 Å². The average molecular weight is 523 g/mol. The first-order chi connectivity index (χ1) is 17.4. The number of aryl methyl sites for hydroxylation is 1. The lowest BCUT2D eigenvalue weighted by molar-refractivity contribution is -0.201. The van der Waals surface area contributed by atoms with Crippen molar-refractivity contribution < 1.29 is 35.9 Å². The van der Waals surface area contributed by atoms with Crippen LogP contribution in [-0.4, -0.2) is 34.4 Å². The van der Waals surface area contributed by atoms with Crippen LogP contribution in [0.4, 0.5) is 26.3 Å². The molecule has 1 aliphatic rings. The highest BCUT2D eigenvalue weighted by Gasteiger charge is 2.59. The minimum atomic E-state index is -4.88. The second-order valence-corrected chi connectivity index (χ2v) is 8.79. The number of hydrogen-bond donors (Lipinski definition) is 1. The van der Waals surface area contributed by atoms with Gasteiger partial charge in [-0.1, -0.05) is 42.0 Å². The highest BCUT2D eigenvalue weighted by molar-refractivity contribution is 6.23. The number of amides is 1. The van der Waals surface area contributed by atoms with Crippen molar-refractivity contribution in [1.82, 2.24) is 14.9 Å². The lowest BCUT2D eigenvalue weighted by atomic mass is 9.77. The number of benzene rings is 2. The fourth-order valence-electron chi connectivity index (χ4n) is 4.25. The van der Waals surface area contributed by atoms with Gasteiger partial charge < -0.3 is 14.6 Å². The molecular formula is C26H23F6N3O2. The van der Waals surface area contributed by atoms with Crippen molar-refractivity contribution in [2.24, 2.45) is 0 Å². The Morgan fingerprint density at radius 2 is 1.70 bits per heavy atom. The minimum Gasteiger partial charge on any atom is -0.494 e. The summed E-state index contributed by atoms with van der Waals surface area (Å²) in [5.41, 5.74) is -1.39. The number of nitrogens with one attached hydrogen (secondary N) is 1. The van der Waals surface area contributed by atoms with Crippen LogP contribution in [0, 0.1) is 6.92 Å². The predicted molar refractivity (Wildman–Crippen MR) is 124 cm³/mol. The summed E-state index contributed by atoms with van der Waals surface area (Å²) in [6, 6.07) is 11.7. The summed E-state index contributed by atoms with van der Waals surface area (Å²) >= 11 is 0. The molecule has 1 aliphatic heterocycles. The molecule has 196 valence electrons. The number of imidazole rings is 1. The van der Waals surface area contributed by atoms with Crippen molar-refractivity contribution in [3.8, 4) is 5.75 Å². The van der Waals surface area contributed by atoms with Crippen LogP contribution in [-0.2, 0) is 10.3 Å². The third-order valence-electron chi connectivity index (χ3n) is 6.14. The van der Waals surface area contributed by atoms with Gasteiger partial charge >= 0.3 is 12.4 Å². The molecular weight excluding hydrogens is 500 g/mol. The first-order valence-corrected chi connectivity index (χ1v) is 11.4. The summed E-state index contributed by atoms with van der Waals surface area (Å²) < 4.78 is 87.8. The van der Waals surface area contributed by atoms with Gasteiger partial charge in [0.25, 0.3) is 5.91 Å². The molecule has 11 heteroatoms. The van der Waals surface area contributed by atoms with Gasteiger partial charge in [0.2, 0.25) is 0 Å². The monoisotopic (exact) mass is 523 g/mol. The predicted octanol–water partition coefficient (Wildman–Crippen LogP) is 6.26. The van der Waals surface area contributed by atoms with Gasteiger partial charge in [-0.3, -0.25) is 4.79 Å². The Labute approximate surface area is 208 Å². The molecule has 37 heavy (non-hydrogen) atoms. The largest absolute Gasteiger partial charge is 0.494 e. The zero-order valence-corrected chi connectivity index (χ0v) is 19.7. The second-order valence-electron chi connectivity index (χ2n) is 8.79. The van der Waals surface area contributed by atoms with E-state index in [1.165, 1.54) is 47.6 Å². The maximum atomic E-state index is 14.7. The molecule has 0 saturated carbocycles. The van der Waals surface area contributed by atoms with E-state index in [1.807, 2.05) is 6.92 Å². The van der Waals surface area contributed by atoms with Crippen LogP contribution in [0.2, 0.25) is 0 Å². The fourth-order valence-corrected chi connectivity index (χ4v) is 4.25. The molecule has 0 spiro atoms. The molecule has 1 atom stereocenters. The molecule has 1 N–H and O–H groups in total. The topological polar surface area (TPSA) is 56.2 Å². The molecule has 0 fully saturated rings. The summed E-state index contributed by atoms with van der Waals surface area (Å²) in [5.74, 6) is -0.802. The Hall–Kier alpha value is -3.76. The summed E-state index contributed by atoms with van der Waals surface area (Å²) in [7, 11) is 0. The van der Waals surface area contributed by atoms with Crippen LogP contribution in [0.5, 0.6) is 5.75 Å². The molecule has 3 aromatic rings. The van der Waals surface area contributed by atoms with Crippen LogP contribution >= 0.6 is 0 Å². The zero-order chi connectivity index (χ0) is 26.8. The van der Waals surface area contributed by atoms with Gasteiger partial charge in [-0.05, 0) is 42.2 Å². The van der Waals surface area contributed by atoms with Crippen LogP contribution in [0.3, 0.4) is 0 Å². The molecule has 5 nitrogen and oxygen atoms in total. The molecule has 2 aromatic carbocycles. The van der Waals surface area contributed by atoms with E-state index in [0.29, 0.717) is 5.56 Å². The molecule has 4 rings (SSSR count). The highest BCUT2D eigenvalue weighted by Crippen LogP contribution is 2.49. The standard InChI is InChI=1S/C26H23F6N3O2/c1-17-3-5-18(6-4-17)21-15-24(26(30,31)32,34-23(36)22(21)35-13-12-33-16-35)19-7-9-20(10-8-19)37-14-2-11-25(27,28)29/h3-10,12-13,16H,2,11,14-15H2,1H3,(H,34,36). The number of carbonyl (C=O) groups excluding carboxylic acids is 1. The maximum Gasteiger partial charge on any atom is 0.416 e. The smallest absolute Gasteiger partial charge is 0.416 e. The van der Waals surface area contributed by atoms with E-state index in [0.717, 1.165) is 5.56 Å². The lowest BCUT2D eigenvalue weighted by Crippen LogP contribution is -2.58. The normalized spacial score (nSPS) is 18.6. The molecule has 1 amide bonds. The second kappa shape index (κ2) is 9.95. The van der Waals surface area contributed by atoms with Gasteiger partial charge in [0, 0.05) is 25.2 Å². The number of hydrogen-bond acceptors (Lipinski definition) is 3. The van der Waals surface area contributed by atoms with Crippen molar-refractivity contribution in [3.05, 3.63) is 83.9 Å². The lowest BCUT2D eigenvalue weighted by Gasteiger charge is -2.41. The van der Waals surface area contributed by atoms with Crippen LogP contribution in [0.25, 0.3) is 11.3 Å². The van der Waals surface area contributed by atoms with Crippen LogP contribution in [0.15, 0.2) is 67.3 Å². The molecule has 1 unspecified atom stereocenters. The van der Waals surface area contributed by atoms with E-state index < -0.39 is 36.6 Å². The third-order valence-corrected chi connectivity index (χ3v) is 6.14. The first-order valence-electron chi connectivity index (χ1n) is 11.4. The number of alkyl halides is 6. The van der Waals surface area contributed by atoms with E-state index in [9.17, 15) is 31.1 Å². The summed E-state index contributed by atoms with van der Waals surface area (Å²) in [6.45, 7) is 1.60. The van der Waals surface area contributed by atoms with Crippen molar-refractivity contribution >= 4 is 17.2 Å². The number of rotatable bonds is 7. The molecule has 0 bridgehead atoms. The van der Waals surface area contributed by atoms with E-state index in [2.05, 4.69) is 10.3 Å². The first kappa shape index (κ1) is 26.3. The highest BCUT2D eigenvalue weighted by atomic mass is 19.4. The summed E-state index contributed by atoms with van der Waals surface area (Å²) in [4.78, 5) is 17.2. The Morgan fingerprint density at radius 1 is 1.03 bits per heavy atom. The van der Waals surface area contributed by atoms with Crippen molar-refractivity contribution in [2.45, 2.75) is 44.1 Å². The molecule has 0 aliphatic carbocycles. The number of ether oxygens (including phenoxy) is 1. The van der Waals surface area contributed by atoms with E-state index in [1.54, 1.807) is 24.3 Å². The van der Waals surface area contributed by atoms with Gasteiger partial charge in [-0.2, -0.15) is 26.3 Å². The van der Waals surface area contributed by atoms with E-state index >= 15 is 0 Å². The van der Waals surface area contributed by atoms with Crippen molar-refractivity contribution in [1.29, 1.82) is 0 Å². The van der Waals surface area contributed by atoms with Gasteiger partial charge in [0.15, 0.2) is 5.54 Å². The fraction of sp³-hybridized carbons (Fsp3) is 0.308. The third kappa shape index (κ3) is 5.65. The zero-order valence-electron chi connectivity index (χ0n) is 19.7. The van der Waals surface area contributed by atoms with Crippen LogP contribution in [0.1, 0.15) is 36.0 Å². The Kier molecular flexibility index (Phi) is 7.07. The summed E-state index contributed by atoms with van der Waals surface area (Å²) in [5, 5.41) is 2.19. The Balaban J connectivity index is 1.71. The number of carbonyl (C=O) groups is 1. The molecule has 2 heterocycles. The Morgan fingerprint density at radius 3 is 2.27 bits per heavy atom. The van der Waals surface area contributed by atoms with Crippen LogP contribution < -0.4 is 10.1 Å². The average Bonchev–Trinajstić information content (AvgIpc) is 3.35. The Bertz CT molecular complexity index is 1260. The van der Waals surface area contributed by atoms with Gasteiger partial charge in [-0.25, -0.2) is 4.98 Å². The van der Waals surface area contributed by atoms with Gasteiger partial charge in [0.05, 0.1) is 12.9 Å². The van der Waals surface area contributed by atoms with Gasteiger partial charge in [0.1, 0.15) is 11.4 Å². The number of halogens is 6. The summed E-state index contributed by atoms with van der Waals surface area (Å²) in [6.07, 6.45) is -6.85. The quantitative estimate of drug-likeness (QED) is 0.294. The maximum absolute atomic E-state index is 14.7. The minimum absolute atomic E-state index is 0.0332. The molecule has 0 saturated heterocycles. The number of aromatic nitrogens is 2. The molecule has 0 radical (unpaired) electrons. The van der Waals surface area contributed by atoms with Crippen molar-refractivity contribution in [3.63, 3.8) is 0 Å². The van der Waals surface area contributed by atoms with Gasteiger partial charge in [-0.15, -0.1) is 0 Å². The number of nitrogens with zero attached hydrogens (tertiary/aromatic N) is 2.